The number of carbonyl (C=O) groups excluding carboxylic acids is 1. The molecule has 0 aliphatic heterocycles. The second-order valence-corrected chi connectivity index (χ2v) is 9.65. The van der Waals surface area contributed by atoms with Crippen molar-refractivity contribution in [2.45, 2.75) is 33.6 Å². The summed E-state index contributed by atoms with van der Waals surface area (Å²) in [5, 5.41) is 18.3. The van der Waals surface area contributed by atoms with Crippen LogP contribution in [0.15, 0.2) is 83.7 Å². The van der Waals surface area contributed by atoms with Crippen molar-refractivity contribution >= 4 is 40.7 Å². The molecule has 0 spiro atoms. The minimum Gasteiger partial charge on any atom is -0.410 e. The minimum atomic E-state index is -0.746. The Morgan fingerprint density at radius 2 is 1.97 bits per heavy atom. The van der Waals surface area contributed by atoms with Gasteiger partial charge in [0.15, 0.2) is 11.7 Å². The van der Waals surface area contributed by atoms with Crippen LogP contribution >= 0.6 is 22.9 Å². The molecule has 37 heavy (non-hydrogen) atoms. The number of allylic oxidation sites excluding steroid dienone is 3. The standard InChI is InChI=1S/C27H28ClN5O3S/c1-5-19(30-25-21(6-2)18(4)29-26(32-25)22-14-15-23(28)37-22)13-12-17(3)16-24(33-35)31-27(34)36-20-10-8-7-9-11-20/h5,7-15,35H,1,6,16H2,2-4H3,(H,29,30,32)(H,31,33,34)/b17-12+,19-13+. The number of ether oxygens (including phenoxy) is 1. The van der Waals surface area contributed by atoms with E-state index in [-0.39, 0.29) is 12.3 Å². The maximum atomic E-state index is 12.1. The first-order valence-electron chi connectivity index (χ1n) is 11.5. The lowest BCUT2D eigenvalue weighted by atomic mass is 10.1. The van der Waals surface area contributed by atoms with Crippen molar-refractivity contribution < 1.29 is 14.7 Å². The molecule has 0 saturated heterocycles. The molecule has 0 aliphatic carbocycles. The van der Waals surface area contributed by atoms with Crippen LogP contribution in [-0.4, -0.2) is 27.1 Å². The molecule has 8 nitrogen and oxygen atoms in total. The fourth-order valence-electron chi connectivity index (χ4n) is 3.36. The number of oxime groups is 1. The summed E-state index contributed by atoms with van der Waals surface area (Å²) in [6.45, 7) is 9.74. The number of thiophene rings is 1. The van der Waals surface area contributed by atoms with E-state index in [1.165, 1.54) is 11.3 Å². The van der Waals surface area contributed by atoms with Crippen LogP contribution in [0.1, 0.15) is 31.5 Å². The number of nitrogens with zero attached hydrogens (tertiary/aromatic N) is 3. The molecular formula is C27H28ClN5O3S. The average Bonchev–Trinajstić information content (AvgIpc) is 3.32. The molecule has 0 aliphatic rings. The summed E-state index contributed by atoms with van der Waals surface area (Å²) in [7, 11) is 0. The molecule has 3 aromatic rings. The van der Waals surface area contributed by atoms with Crippen LogP contribution in [-0.2, 0) is 6.42 Å². The summed E-state index contributed by atoms with van der Waals surface area (Å²) in [4.78, 5) is 22.4. The lowest BCUT2D eigenvalue weighted by Gasteiger charge is -2.14. The number of benzene rings is 1. The summed E-state index contributed by atoms with van der Waals surface area (Å²) in [6.07, 6.45) is 5.54. The van der Waals surface area contributed by atoms with Crippen molar-refractivity contribution in [3.63, 3.8) is 0 Å². The number of nitrogens with one attached hydrogen (secondary N) is 2. The normalized spacial score (nSPS) is 12.3. The third-order valence-corrected chi connectivity index (χ3v) is 6.39. The molecule has 10 heteroatoms. The van der Waals surface area contributed by atoms with Crippen molar-refractivity contribution in [2.75, 3.05) is 5.32 Å². The van der Waals surface area contributed by atoms with Crippen LogP contribution in [0.25, 0.3) is 10.7 Å². The van der Waals surface area contributed by atoms with Gasteiger partial charge in [0.2, 0.25) is 0 Å². The average molecular weight is 538 g/mol. The lowest BCUT2D eigenvalue weighted by Crippen LogP contribution is -2.33. The number of para-hydroxylation sites is 1. The second-order valence-electron chi connectivity index (χ2n) is 7.93. The number of halogens is 1. The Morgan fingerprint density at radius 1 is 1.22 bits per heavy atom. The van der Waals surface area contributed by atoms with Crippen LogP contribution in [0, 0.1) is 6.92 Å². The van der Waals surface area contributed by atoms with Crippen molar-refractivity contribution in [1.82, 2.24) is 15.3 Å². The molecule has 3 rings (SSSR count). The van der Waals surface area contributed by atoms with E-state index in [4.69, 9.17) is 21.3 Å². The molecule has 192 valence electrons. The van der Waals surface area contributed by atoms with Gasteiger partial charge in [0.25, 0.3) is 0 Å². The summed E-state index contributed by atoms with van der Waals surface area (Å²) in [5.74, 6) is 1.72. The van der Waals surface area contributed by atoms with Crippen LogP contribution < -0.4 is 15.4 Å². The SMILES string of the molecule is C=C/C(=C\C=C(/C)CC(=NO)NC(=O)Oc1ccccc1)Nc1nc(-c2ccc(Cl)s2)nc(C)c1CC. The molecule has 2 aromatic heterocycles. The van der Waals surface area contributed by atoms with Gasteiger partial charge in [-0.2, -0.15) is 0 Å². The fourth-order valence-corrected chi connectivity index (χ4v) is 4.34. The van der Waals surface area contributed by atoms with Gasteiger partial charge in [-0.25, -0.2) is 14.8 Å². The number of carbonyl (C=O) groups is 1. The number of aromatic nitrogens is 2. The molecule has 3 N–H and O–H groups in total. The van der Waals surface area contributed by atoms with Gasteiger partial charge >= 0.3 is 6.09 Å². The van der Waals surface area contributed by atoms with Crippen LogP contribution in [0.5, 0.6) is 5.75 Å². The topological polar surface area (TPSA) is 109 Å². The van der Waals surface area contributed by atoms with Gasteiger partial charge in [0, 0.05) is 23.4 Å². The predicted octanol–water partition coefficient (Wildman–Crippen LogP) is 7.12. The number of hydrogen-bond donors (Lipinski definition) is 3. The van der Waals surface area contributed by atoms with E-state index in [2.05, 4.69) is 27.4 Å². The Bertz CT molecular complexity index is 1350. The van der Waals surface area contributed by atoms with Gasteiger partial charge in [-0.1, -0.05) is 60.1 Å². The number of hydrogen-bond acceptors (Lipinski definition) is 8. The summed E-state index contributed by atoms with van der Waals surface area (Å²) in [6, 6.07) is 12.3. The molecule has 1 amide bonds. The first-order chi connectivity index (χ1) is 17.8. The Hall–Kier alpha value is -3.95. The molecule has 0 bridgehead atoms. The third-order valence-electron chi connectivity index (χ3n) is 5.16. The van der Waals surface area contributed by atoms with Gasteiger partial charge in [-0.15, -0.1) is 11.3 Å². The molecular weight excluding hydrogens is 510 g/mol. The van der Waals surface area contributed by atoms with E-state index in [1.54, 1.807) is 30.3 Å². The Labute approximate surface area is 225 Å². The number of amidine groups is 1. The molecule has 2 heterocycles. The molecule has 0 saturated carbocycles. The largest absolute Gasteiger partial charge is 0.418 e. The Balaban J connectivity index is 1.72. The van der Waals surface area contributed by atoms with Gasteiger partial charge in [-0.3, -0.25) is 5.32 Å². The summed E-state index contributed by atoms with van der Waals surface area (Å²) < 4.78 is 5.84. The zero-order valence-corrected chi connectivity index (χ0v) is 22.4. The van der Waals surface area contributed by atoms with Gasteiger partial charge in [-0.05, 0) is 56.7 Å². The van der Waals surface area contributed by atoms with E-state index < -0.39 is 6.09 Å². The van der Waals surface area contributed by atoms with E-state index in [9.17, 15) is 10.0 Å². The smallest absolute Gasteiger partial charge is 0.410 e. The number of aryl methyl sites for hydroxylation is 1. The van der Waals surface area contributed by atoms with E-state index >= 15 is 0 Å². The minimum absolute atomic E-state index is 0.0511. The number of amides is 1. The van der Waals surface area contributed by atoms with Crippen molar-refractivity contribution in [3.8, 4) is 16.5 Å². The molecule has 0 atom stereocenters. The van der Waals surface area contributed by atoms with E-state index in [0.29, 0.717) is 27.4 Å². The number of rotatable bonds is 9. The van der Waals surface area contributed by atoms with Crippen LogP contribution in [0.2, 0.25) is 4.34 Å². The first-order valence-corrected chi connectivity index (χ1v) is 12.7. The quantitative estimate of drug-likeness (QED) is 0.0881. The van der Waals surface area contributed by atoms with Crippen molar-refractivity contribution in [3.05, 3.63) is 94.1 Å². The van der Waals surface area contributed by atoms with Gasteiger partial charge in [0.05, 0.1) is 9.21 Å². The van der Waals surface area contributed by atoms with E-state index in [1.807, 2.05) is 51.1 Å². The third kappa shape index (κ3) is 8.03. The molecule has 1 aromatic carbocycles. The highest BCUT2D eigenvalue weighted by Gasteiger charge is 2.14. The monoisotopic (exact) mass is 537 g/mol. The van der Waals surface area contributed by atoms with Crippen LogP contribution in [0.4, 0.5) is 10.6 Å². The Kier molecular flexibility index (Phi) is 10.00. The predicted molar refractivity (Wildman–Crippen MR) is 150 cm³/mol. The highest BCUT2D eigenvalue weighted by Crippen LogP contribution is 2.31. The molecule has 0 unspecified atom stereocenters. The summed E-state index contributed by atoms with van der Waals surface area (Å²) in [5.41, 5.74) is 3.40. The highest BCUT2D eigenvalue weighted by atomic mass is 35.5. The highest BCUT2D eigenvalue weighted by molar-refractivity contribution is 7.19. The lowest BCUT2D eigenvalue weighted by molar-refractivity contribution is 0.205. The van der Waals surface area contributed by atoms with Crippen LogP contribution in [0.3, 0.4) is 0 Å². The molecule has 0 fully saturated rings. The maximum Gasteiger partial charge on any atom is 0.418 e. The first kappa shape index (κ1) is 27.6. The maximum absolute atomic E-state index is 12.1. The number of anilines is 1. The fraction of sp³-hybridized carbons (Fsp3) is 0.185. The zero-order valence-electron chi connectivity index (χ0n) is 20.8. The summed E-state index contributed by atoms with van der Waals surface area (Å²) >= 11 is 7.52. The van der Waals surface area contributed by atoms with Gasteiger partial charge in [0.1, 0.15) is 11.6 Å². The van der Waals surface area contributed by atoms with E-state index in [0.717, 1.165) is 28.1 Å². The Morgan fingerprint density at radius 3 is 2.59 bits per heavy atom. The second kappa shape index (κ2) is 13.4. The van der Waals surface area contributed by atoms with Gasteiger partial charge < -0.3 is 15.3 Å². The molecule has 0 radical (unpaired) electrons. The van der Waals surface area contributed by atoms with Crippen molar-refractivity contribution in [1.29, 1.82) is 0 Å². The zero-order chi connectivity index (χ0) is 26.8. The van der Waals surface area contributed by atoms with Crippen molar-refractivity contribution in [2.24, 2.45) is 5.16 Å².